The van der Waals surface area contributed by atoms with Crippen molar-refractivity contribution in [2.75, 3.05) is 30.8 Å². The maximum atomic E-state index is 12.4. The van der Waals surface area contributed by atoms with Crippen LogP contribution in [0.4, 0.5) is 5.69 Å². The third kappa shape index (κ3) is 5.23. The average molecular weight is 391 g/mol. The minimum absolute atomic E-state index is 0.159. The van der Waals surface area contributed by atoms with Gasteiger partial charge in [-0.2, -0.15) is 0 Å². The first kappa shape index (κ1) is 20.8. The Labute approximate surface area is 161 Å². The first-order valence-electron chi connectivity index (χ1n) is 8.76. The molecule has 1 N–H and O–H groups in total. The molecule has 0 radical (unpaired) electrons. The molecule has 0 saturated heterocycles. The van der Waals surface area contributed by atoms with E-state index in [2.05, 4.69) is 5.32 Å². The van der Waals surface area contributed by atoms with Gasteiger partial charge in [0.2, 0.25) is 10.0 Å². The molecule has 0 aliphatic carbocycles. The fourth-order valence-corrected chi connectivity index (χ4v) is 3.96. The van der Waals surface area contributed by atoms with E-state index < -0.39 is 10.0 Å². The van der Waals surface area contributed by atoms with Crippen LogP contribution in [0.15, 0.2) is 42.5 Å². The van der Waals surface area contributed by atoms with Crippen molar-refractivity contribution in [3.05, 3.63) is 59.2 Å². The van der Waals surface area contributed by atoms with Crippen molar-refractivity contribution in [3.63, 3.8) is 0 Å². The van der Waals surface area contributed by atoms with Gasteiger partial charge in [-0.15, -0.1) is 0 Å². The van der Waals surface area contributed by atoms with Crippen LogP contribution in [0.2, 0.25) is 0 Å². The molecule has 27 heavy (non-hydrogen) atoms. The number of sulfonamides is 1. The molecule has 0 unspecified atom stereocenters. The number of ether oxygens (including phenoxy) is 1. The molecule has 0 spiro atoms. The summed E-state index contributed by atoms with van der Waals surface area (Å²) in [5, 5.41) is 2.78. The van der Waals surface area contributed by atoms with Crippen LogP contribution < -0.4 is 14.4 Å². The van der Waals surface area contributed by atoms with Crippen LogP contribution in [-0.4, -0.2) is 40.8 Å². The predicted molar refractivity (Wildman–Crippen MR) is 108 cm³/mol. The monoisotopic (exact) mass is 390 g/mol. The molecule has 1 amide bonds. The van der Waals surface area contributed by atoms with E-state index >= 15 is 0 Å². The summed E-state index contributed by atoms with van der Waals surface area (Å²) in [5.41, 5.74) is 3.00. The summed E-state index contributed by atoms with van der Waals surface area (Å²) in [6, 6.07) is 12.5. The summed E-state index contributed by atoms with van der Waals surface area (Å²) in [7, 11) is -1.95. The minimum Gasteiger partial charge on any atom is -0.497 e. The molecule has 146 valence electrons. The van der Waals surface area contributed by atoms with Crippen molar-refractivity contribution in [2.45, 2.75) is 20.3 Å². The highest BCUT2D eigenvalue weighted by molar-refractivity contribution is 7.92. The van der Waals surface area contributed by atoms with Gasteiger partial charge in [-0.05, 0) is 42.7 Å². The zero-order valence-electron chi connectivity index (χ0n) is 16.2. The van der Waals surface area contributed by atoms with Gasteiger partial charge in [0, 0.05) is 12.1 Å². The highest BCUT2D eigenvalue weighted by Gasteiger charge is 2.21. The number of nitrogens with one attached hydrogen (secondary N) is 1. The molecule has 7 heteroatoms. The van der Waals surface area contributed by atoms with Gasteiger partial charge in [0.05, 0.1) is 25.6 Å². The van der Waals surface area contributed by atoms with Crippen LogP contribution in [0.1, 0.15) is 28.4 Å². The molecule has 2 rings (SSSR count). The Bertz CT molecular complexity index is 910. The number of aryl methyl sites for hydroxylation is 2. The normalized spacial score (nSPS) is 11.1. The highest BCUT2D eigenvalue weighted by Crippen LogP contribution is 2.27. The highest BCUT2D eigenvalue weighted by atomic mass is 32.2. The molecule has 0 aliphatic heterocycles. The number of anilines is 1. The minimum atomic E-state index is -3.48. The van der Waals surface area contributed by atoms with Crippen molar-refractivity contribution in [2.24, 2.45) is 0 Å². The lowest BCUT2D eigenvalue weighted by molar-refractivity contribution is 0.0954. The molecule has 2 aromatic carbocycles. The van der Waals surface area contributed by atoms with E-state index in [9.17, 15) is 13.2 Å². The van der Waals surface area contributed by atoms with Crippen LogP contribution in [0.25, 0.3) is 0 Å². The maximum Gasteiger partial charge on any atom is 0.251 e. The summed E-state index contributed by atoms with van der Waals surface area (Å²) in [4.78, 5) is 12.3. The van der Waals surface area contributed by atoms with Crippen LogP contribution in [0, 0.1) is 6.92 Å². The Morgan fingerprint density at radius 3 is 2.52 bits per heavy atom. The van der Waals surface area contributed by atoms with Crippen LogP contribution in [-0.2, 0) is 16.4 Å². The predicted octanol–water partition coefficient (Wildman–Crippen LogP) is 2.76. The van der Waals surface area contributed by atoms with Crippen molar-refractivity contribution >= 4 is 21.6 Å². The molecule has 0 heterocycles. The van der Waals surface area contributed by atoms with Gasteiger partial charge >= 0.3 is 0 Å². The number of para-hydroxylation sites is 1. The smallest absolute Gasteiger partial charge is 0.251 e. The van der Waals surface area contributed by atoms with E-state index in [-0.39, 0.29) is 19.0 Å². The van der Waals surface area contributed by atoms with Gasteiger partial charge in [0.25, 0.3) is 5.91 Å². The Morgan fingerprint density at radius 1 is 1.19 bits per heavy atom. The van der Waals surface area contributed by atoms with E-state index in [1.807, 2.05) is 32.0 Å². The molecular formula is C20H26N2O4S. The van der Waals surface area contributed by atoms with E-state index in [4.69, 9.17) is 4.74 Å². The van der Waals surface area contributed by atoms with Gasteiger partial charge in [-0.3, -0.25) is 9.10 Å². The fourth-order valence-electron chi connectivity index (χ4n) is 2.94. The van der Waals surface area contributed by atoms with Crippen LogP contribution >= 0.6 is 0 Å². The summed E-state index contributed by atoms with van der Waals surface area (Å²) >= 11 is 0. The molecule has 0 atom stereocenters. The van der Waals surface area contributed by atoms with Crippen LogP contribution in [0.5, 0.6) is 5.75 Å². The first-order valence-corrected chi connectivity index (χ1v) is 10.6. The second-order valence-corrected chi connectivity index (χ2v) is 8.17. The van der Waals surface area contributed by atoms with E-state index in [1.54, 1.807) is 24.3 Å². The van der Waals surface area contributed by atoms with Gasteiger partial charge in [0.1, 0.15) is 5.75 Å². The number of methoxy groups -OCH3 is 1. The van der Waals surface area contributed by atoms with Crippen molar-refractivity contribution in [1.29, 1.82) is 0 Å². The zero-order chi connectivity index (χ0) is 20.0. The van der Waals surface area contributed by atoms with Gasteiger partial charge < -0.3 is 10.1 Å². The summed E-state index contributed by atoms with van der Waals surface area (Å²) in [6.07, 6.45) is 1.90. The summed E-state index contributed by atoms with van der Waals surface area (Å²) in [5.74, 6) is 0.316. The number of benzene rings is 2. The van der Waals surface area contributed by atoms with E-state index in [0.717, 1.165) is 17.5 Å². The molecule has 6 nitrogen and oxygen atoms in total. The summed E-state index contributed by atoms with van der Waals surface area (Å²) < 4.78 is 31.2. The maximum absolute atomic E-state index is 12.4. The lowest BCUT2D eigenvalue weighted by Crippen LogP contribution is -2.39. The molecule has 0 bridgehead atoms. The van der Waals surface area contributed by atoms with Gasteiger partial charge in [-0.1, -0.05) is 31.2 Å². The molecule has 0 fully saturated rings. The zero-order valence-corrected chi connectivity index (χ0v) is 17.0. The van der Waals surface area contributed by atoms with Gasteiger partial charge in [-0.25, -0.2) is 8.42 Å². The third-order valence-corrected chi connectivity index (χ3v) is 5.45. The number of carbonyl (C=O) groups excluding carboxylic acids is 1. The second kappa shape index (κ2) is 8.90. The quantitative estimate of drug-likeness (QED) is 0.752. The second-order valence-electron chi connectivity index (χ2n) is 6.26. The number of amides is 1. The molecule has 0 aromatic heterocycles. The van der Waals surface area contributed by atoms with E-state index in [0.29, 0.717) is 17.0 Å². The SMILES string of the molecule is CCc1cccc(C)c1N(CCNC(=O)c1cccc(OC)c1)S(C)(=O)=O. The van der Waals surface area contributed by atoms with Crippen LogP contribution in [0.3, 0.4) is 0 Å². The molecule has 2 aromatic rings. The number of hydrogen-bond acceptors (Lipinski definition) is 4. The number of nitrogens with zero attached hydrogens (tertiary/aromatic N) is 1. The molecule has 0 saturated carbocycles. The number of carbonyl (C=O) groups is 1. The molecular weight excluding hydrogens is 364 g/mol. The topological polar surface area (TPSA) is 75.7 Å². The van der Waals surface area contributed by atoms with Gasteiger partial charge in [0.15, 0.2) is 0 Å². The Morgan fingerprint density at radius 2 is 1.89 bits per heavy atom. The Kier molecular flexibility index (Phi) is 6.85. The van der Waals surface area contributed by atoms with Crippen molar-refractivity contribution in [3.8, 4) is 5.75 Å². The average Bonchev–Trinajstić information content (AvgIpc) is 2.64. The summed E-state index contributed by atoms with van der Waals surface area (Å²) in [6.45, 7) is 4.23. The van der Waals surface area contributed by atoms with Crippen molar-refractivity contribution < 1.29 is 17.9 Å². The lowest BCUT2D eigenvalue weighted by Gasteiger charge is -2.26. The van der Waals surface area contributed by atoms with E-state index in [1.165, 1.54) is 17.7 Å². The third-order valence-electron chi connectivity index (χ3n) is 4.28. The lowest BCUT2D eigenvalue weighted by atomic mass is 10.1. The Balaban J connectivity index is 2.16. The largest absolute Gasteiger partial charge is 0.497 e. The standard InChI is InChI=1S/C20H26N2O4S/c1-5-16-9-6-8-15(2)19(16)22(27(4,24)25)13-12-21-20(23)17-10-7-11-18(14-17)26-3/h6-11,14H,5,12-13H2,1-4H3,(H,21,23). The molecule has 0 aliphatic rings. The fraction of sp³-hybridized carbons (Fsp3) is 0.350. The number of rotatable bonds is 8. The number of hydrogen-bond donors (Lipinski definition) is 1. The first-order chi connectivity index (χ1) is 12.8. The Hall–Kier alpha value is -2.54. The van der Waals surface area contributed by atoms with Crippen molar-refractivity contribution in [1.82, 2.24) is 5.32 Å².